The van der Waals surface area contributed by atoms with Crippen molar-refractivity contribution in [3.63, 3.8) is 0 Å². The molecule has 3 rings (SSSR count). The molecule has 1 aromatic carbocycles. The Morgan fingerprint density at radius 2 is 2.10 bits per heavy atom. The summed E-state index contributed by atoms with van der Waals surface area (Å²) in [4.78, 5) is 14.9. The van der Waals surface area contributed by atoms with Gasteiger partial charge in [-0.25, -0.2) is 4.39 Å². The number of rotatable bonds is 8. The van der Waals surface area contributed by atoms with Gasteiger partial charge in [-0.3, -0.25) is 9.55 Å². The highest BCUT2D eigenvalue weighted by Gasteiger charge is 2.14. The van der Waals surface area contributed by atoms with Gasteiger partial charge in [-0.15, -0.1) is 10.2 Å². The van der Waals surface area contributed by atoms with Crippen LogP contribution in [-0.2, 0) is 11.6 Å². The Morgan fingerprint density at radius 1 is 1.31 bits per heavy atom. The molecule has 3 aromatic rings. The minimum atomic E-state index is -3.15. The van der Waals surface area contributed by atoms with E-state index >= 15 is 0 Å². The summed E-state index contributed by atoms with van der Waals surface area (Å²) in [5, 5.41) is 24.5. The zero-order valence-corrected chi connectivity index (χ0v) is 16.9. The molecule has 0 spiro atoms. The highest BCUT2D eigenvalue weighted by molar-refractivity contribution is 7.57. The second kappa shape index (κ2) is 8.77. The van der Waals surface area contributed by atoms with Crippen LogP contribution in [0.5, 0.6) is 0 Å². The van der Waals surface area contributed by atoms with Crippen LogP contribution in [0.2, 0.25) is 0 Å². The van der Waals surface area contributed by atoms with Gasteiger partial charge < -0.3 is 15.3 Å². The molecule has 0 saturated heterocycles. The third-order valence-corrected chi connectivity index (χ3v) is 5.29. The number of aryl methyl sites for hydroxylation is 1. The Hall–Kier alpha value is -2.68. The number of halogens is 1. The Balaban J connectivity index is 1.64. The third-order valence-electron chi connectivity index (χ3n) is 4.20. The molecule has 2 aromatic heterocycles. The van der Waals surface area contributed by atoms with E-state index in [-0.39, 0.29) is 19.1 Å². The van der Waals surface area contributed by atoms with E-state index in [1.165, 1.54) is 17.5 Å². The molecule has 0 aliphatic rings. The monoisotopic (exact) mass is 420 g/mol. The van der Waals surface area contributed by atoms with E-state index in [1.807, 2.05) is 0 Å². The van der Waals surface area contributed by atoms with Crippen LogP contribution in [0.4, 0.5) is 10.1 Å². The molecule has 0 fully saturated rings. The van der Waals surface area contributed by atoms with Crippen LogP contribution in [-0.4, -0.2) is 60.7 Å². The summed E-state index contributed by atoms with van der Waals surface area (Å²) in [6.07, 6.45) is 0.968. The summed E-state index contributed by atoms with van der Waals surface area (Å²) in [6, 6.07) is 8.07. The van der Waals surface area contributed by atoms with Gasteiger partial charge >= 0.3 is 0 Å². The predicted octanol–water partition coefficient (Wildman–Crippen LogP) is 2.14. The van der Waals surface area contributed by atoms with Crippen molar-refractivity contribution < 1.29 is 19.0 Å². The van der Waals surface area contributed by atoms with Crippen molar-refractivity contribution in [3.8, 4) is 22.6 Å². The highest BCUT2D eigenvalue weighted by Crippen LogP contribution is 2.36. The summed E-state index contributed by atoms with van der Waals surface area (Å²) in [5.74, 6) is -0.0525. The number of hydrogen-bond acceptors (Lipinski definition) is 7. The maximum atomic E-state index is 14.6. The summed E-state index contributed by atoms with van der Waals surface area (Å²) in [5.41, 5.74) is 2.02. The van der Waals surface area contributed by atoms with Crippen molar-refractivity contribution in [2.45, 2.75) is 12.5 Å². The van der Waals surface area contributed by atoms with Gasteiger partial charge in [-0.1, -0.05) is 6.07 Å². The van der Waals surface area contributed by atoms with Crippen LogP contribution in [0.25, 0.3) is 22.6 Å². The number of aliphatic hydroxyl groups is 1. The van der Waals surface area contributed by atoms with Crippen molar-refractivity contribution in [1.29, 1.82) is 0 Å². The van der Waals surface area contributed by atoms with Gasteiger partial charge in [-0.05, 0) is 35.9 Å². The molecule has 3 N–H and O–H groups in total. The number of nitrogens with one attached hydrogen (secondary N) is 1. The van der Waals surface area contributed by atoms with Crippen molar-refractivity contribution in [3.05, 3.63) is 42.3 Å². The first kappa shape index (κ1) is 21.0. The minimum Gasteiger partial charge on any atom is -0.391 e. The summed E-state index contributed by atoms with van der Waals surface area (Å²) >= 11 is 0. The third kappa shape index (κ3) is 5.90. The van der Waals surface area contributed by atoms with E-state index in [1.54, 1.807) is 37.5 Å². The molecule has 154 valence electrons. The first-order valence-corrected chi connectivity index (χ1v) is 11.2. The number of anilines is 1. The average Bonchev–Trinajstić information content (AvgIpc) is 3.11. The van der Waals surface area contributed by atoms with Crippen molar-refractivity contribution >= 4 is 13.1 Å². The lowest BCUT2D eigenvalue weighted by atomic mass is 10.1. The fraction of sp³-hybridized carbons (Fsp3) is 0.333. The van der Waals surface area contributed by atoms with Crippen LogP contribution in [0.15, 0.2) is 36.5 Å². The van der Waals surface area contributed by atoms with Crippen molar-refractivity contribution in [1.82, 2.24) is 25.2 Å². The van der Waals surface area contributed by atoms with Crippen LogP contribution in [0.3, 0.4) is 0 Å². The standard InChI is InChI=1S/C18H22FN6O3P/c1-25-23-18(22-24-25)17-6-3-12(10-21-17)15-5-4-13(9-16(15)19)20-11-14(26)7-8-29(2,27)28/h3-6,9-10,14,20,26H,7-8,11H2,1-2H3,(H,27,28). The lowest BCUT2D eigenvalue weighted by molar-refractivity contribution is 0.183. The van der Waals surface area contributed by atoms with E-state index in [9.17, 15) is 19.0 Å². The number of hydrogen-bond donors (Lipinski definition) is 3. The number of benzene rings is 1. The molecule has 0 radical (unpaired) electrons. The molecule has 9 nitrogen and oxygen atoms in total. The molecular weight excluding hydrogens is 398 g/mol. The average molecular weight is 420 g/mol. The molecule has 2 heterocycles. The molecule has 2 atom stereocenters. The van der Waals surface area contributed by atoms with E-state index in [4.69, 9.17) is 0 Å². The number of pyridine rings is 1. The molecule has 0 aliphatic carbocycles. The van der Waals surface area contributed by atoms with Gasteiger partial charge in [-0.2, -0.15) is 4.80 Å². The number of tetrazole rings is 1. The van der Waals surface area contributed by atoms with E-state index in [0.29, 0.717) is 28.3 Å². The molecule has 11 heteroatoms. The van der Waals surface area contributed by atoms with Gasteiger partial charge in [0.25, 0.3) is 0 Å². The zero-order chi connectivity index (χ0) is 21.0. The Bertz CT molecular complexity index is 1020. The van der Waals surface area contributed by atoms with Gasteiger partial charge in [0.05, 0.1) is 13.2 Å². The van der Waals surface area contributed by atoms with Crippen LogP contribution in [0, 0.1) is 5.82 Å². The minimum absolute atomic E-state index is 0.0379. The van der Waals surface area contributed by atoms with Gasteiger partial charge in [0, 0.05) is 42.4 Å². The fourth-order valence-electron chi connectivity index (χ4n) is 2.66. The Morgan fingerprint density at radius 3 is 2.69 bits per heavy atom. The number of aliphatic hydroxyl groups excluding tert-OH is 1. The maximum absolute atomic E-state index is 14.6. The van der Waals surface area contributed by atoms with Crippen molar-refractivity contribution in [2.24, 2.45) is 7.05 Å². The maximum Gasteiger partial charge on any atom is 0.223 e. The lowest BCUT2D eigenvalue weighted by Gasteiger charge is -2.14. The van der Waals surface area contributed by atoms with Crippen molar-refractivity contribution in [2.75, 3.05) is 24.7 Å². The molecule has 0 saturated carbocycles. The quantitative estimate of drug-likeness (QED) is 0.473. The fourth-order valence-corrected chi connectivity index (χ4v) is 3.43. The van der Waals surface area contributed by atoms with Gasteiger partial charge in [0.15, 0.2) is 7.37 Å². The Kier molecular flexibility index (Phi) is 6.36. The second-order valence-corrected chi connectivity index (χ2v) is 9.38. The lowest BCUT2D eigenvalue weighted by Crippen LogP contribution is -2.20. The zero-order valence-electron chi connectivity index (χ0n) is 16.0. The van der Waals surface area contributed by atoms with Gasteiger partial charge in [0.2, 0.25) is 5.82 Å². The summed E-state index contributed by atoms with van der Waals surface area (Å²) in [6.45, 7) is 1.41. The molecule has 2 unspecified atom stereocenters. The van der Waals surface area contributed by atoms with E-state index in [0.717, 1.165) is 0 Å². The number of aromatic nitrogens is 5. The molecule has 0 aliphatic heterocycles. The predicted molar refractivity (Wildman–Crippen MR) is 107 cm³/mol. The van der Waals surface area contributed by atoms with Crippen LogP contribution < -0.4 is 5.32 Å². The van der Waals surface area contributed by atoms with E-state index < -0.39 is 19.3 Å². The first-order chi connectivity index (χ1) is 13.7. The normalized spacial score (nSPS) is 14.4. The molecule has 0 amide bonds. The Labute approximate surface area is 167 Å². The first-order valence-electron chi connectivity index (χ1n) is 8.93. The summed E-state index contributed by atoms with van der Waals surface area (Å²) in [7, 11) is -1.50. The van der Waals surface area contributed by atoms with Crippen LogP contribution >= 0.6 is 7.37 Å². The smallest absolute Gasteiger partial charge is 0.223 e. The topological polar surface area (TPSA) is 126 Å². The molecule has 29 heavy (non-hydrogen) atoms. The largest absolute Gasteiger partial charge is 0.391 e. The summed E-state index contributed by atoms with van der Waals surface area (Å²) < 4.78 is 25.8. The van der Waals surface area contributed by atoms with Gasteiger partial charge in [0.1, 0.15) is 11.5 Å². The second-order valence-electron chi connectivity index (χ2n) is 6.83. The molecular formula is C18H22FN6O3P. The van der Waals surface area contributed by atoms with E-state index in [2.05, 4.69) is 25.7 Å². The SMILES string of the molecule is Cn1nnc(-c2ccc(-c3ccc(NCC(O)CCP(C)(=O)O)cc3F)cn2)n1. The highest BCUT2D eigenvalue weighted by atomic mass is 31.2. The molecule has 0 bridgehead atoms. The van der Waals surface area contributed by atoms with Crippen LogP contribution in [0.1, 0.15) is 6.42 Å². The number of nitrogens with zero attached hydrogens (tertiary/aromatic N) is 5.